The van der Waals surface area contributed by atoms with E-state index in [2.05, 4.69) is 15.9 Å². The van der Waals surface area contributed by atoms with Gasteiger partial charge in [0.15, 0.2) is 0 Å². The molecule has 21 heavy (non-hydrogen) atoms. The Morgan fingerprint density at radius 3 is 2.38 bits per heavy atom. The van der Waals surface area contributed by atoms with Crippen molar-refractivity contribution in [3.63, 3.8) is 0 Å². The molecule has 2 rings (SSSR count). The van der Waals surface area contributed by atoms with Gasteiger partial charge in [-0.15, -0.1) is 0 Å². The molecule has 112 valence electrons. The molecule has 0 amide bonds. The summed E-state index contributed by atoms with van der Waals surface area (Å²) < 4.78 is 27.5. The van der Waals surface area contributed by atoms with Crippen LogP contribution in [0.4, 0.5) is 5.69 Å². The lowest BCUT2D eigenvalue weighted by Crippen LogP contribution is -2.27. The SMILES string of the molecule is Cc1c(Br)cc(CO)cc1S(=O)(=O)N(C)c1ccccc1. The van der Waals surface area contributed by atoms with Crippen molar-refractivity contribution in [3.8, 4) is 0 Å². The van der Waals surface area contributed by atoms with Gasteiger partial charge < -0.3 is 5.11 Å². The Balaban J connectivity index is 2.57. The molecule has 2 aromatic rings. The molecule has 0 atom stereocenters. The van der Waals surface area contributed by atoms with Crippen molar-refractivity contribution < 1.29 is 13.5 Å². The monoisotopic (exact) mass is 369 g/mol. The number of nitrogens with zero attached hydrogens (tertiary/aromatic N) is 1. The maximum atomic E-state index is 12.8. The average Bonchev–Trinajstić information content (AvgIpc) is 2.49. The number of halogens is 1. The Labute approximate surface area is 133 Å². The number of rotatable bonds is 4. The third-order valence-electron chi connectivity index (χ3n) is 3.30. The second kappa shape index (κ2) is 6.17. The van der Waals surface area contributed by atoms with Crippen molar-refractivity contribution in [1.29, 1.82) is 0 Å². The molecule has 0 saturated heterocycles. The van der Waals surface area contributed by atoms with Crippen molar-refractivity contribution in [2.45, 2.75) is 18.4 Å². The normalized spacial score (nSPS) is 11.4. The highest BCUT2D eigenvalue weighted by Crippen LogP contribution is 2.29. The van der Waals surface area contributed by atoms with Gasteiger partial charge in [0.2, 0.25) is 0 Å². The molecule has 4 nitrogen and oxygen atoms in total. The lowest BCUT2D eigenvalue weighted by Gasteiger charge is -2.21. The molecular weight excluding hydrogens is 354 g/mol. The fraction of sp³-hybridized carbons (Fsp3) is 0.200. The van der Waals surface area contributed by atoms with Crippen LogP contribution in [0.1, 0.15) is 11.1 Å². The molecule has 0 aliphatic heterocycles. The predicted octanol–water partition coefficient (Wildman–Crippen LogP) is 3.07. The molecule has 1 N–H and O–H groups in total. The molecule has 2 aromatic carbocycles. The molecule has 0 aliphatic rings. The van der Waals surface area contributed by atoms with Crippen LogP contribution in [0.2, 0.25) is 0 Å². The fourth-order valence-electron chi connectivity index (χ4n) is 1.99. The van der Waals surface area contributed by atoms with Crippen LogP contribution in [-0.2, 0) is 16.6 Å². The lowest BCUT2D eigenvalue weighted by atomic mass is 10.2. The van der Waals surface area contributed by atoms with E-state index in [1.807, 2.05) is 6.07 Å². The molecular formula is C15H16BrNO3S. The van der Waals surface area contributed by atoms with E-state index in [1.165, 1.54) is 17.4 Å². The van der Waals surface area contributed by atoms with E-state index >= 15 is 0 Å². The average molecular weight is 370 g/mol. The molecule has 0 aliphatic carbocycles. The summed E-state index contributed by atoms with van der Waals surface area (Å²) >= 11 is 3.34. The lowest BCUT2D eigenvalue weighted by molar-refractivity contribution is 0.281. The van der Waals surface area contributed by atoms with Crippen molar-refractivity contribution in [1.82, 2.24) is 0 Å². The molecule has 0 unspecified atom stereocenters. The Hall–Kier alpha value is -1.37. The van der Waals surface area contributed by atoms with Gasteiger partial charge in [0.25, 0.3) is 10.0 Å². The minimum absolute atomic E-state index is 0.187. The van der Waals surface area contributed by atoms with Gasteiger partial charge in [-0.25, -0.2) is 8.42 Å². The number of aliphatic hydroxyl groups excluding tert-OH is 1. The quantitative estimate of drug-likeness (QED) is 0.900. The summed E-state index contributed by atoms with van der Waals surface area (Å²) in [5.41, 5.74) is 1.75. The number of benzene rings is 2. The summed E-state index contributed by atoms with van der Waals surface area (Å²) in [4.78, 5) is 0.187. The fourth-order valence-corrected chi connectivity index (χ4v) is 4.12. The summed E-state index contributed by atoms with van der Waals surface area (Å²) in [6, 6.07) is 12.1. The number of anilines is 1. The third kappa shape index (κ3) is 3.12. The summed E-state index contributed by atoms with van der Waals surface area (Å²) in [6.07, 6.45) is 0. The molecule has 0 bridgehead atoms. The first-order chi connectivity index (χ1) is 9.87. The molecule has 0 spiro atoms. The van der Waals surface area contributed by atoms with Crippen LogP contribution >= 0.6 is 15.9 Å². The molecule has 0 fully saturated rings. The van der Waals surface area contributed by atoms with E-state index in [9.17, 15) is 13.5 Å². The maximum absolute atomic E-state index is 12.8. The number of para-hydroxylation sites is 1. The van der Waals surface area contributed by atoms with E-state index in [0.717, 1.165) is 0 Å². The van der Waals surface area contributed by atoms with Gasteiger partial charge in [-0.1, -0.05) is 34.1 Å². The molecule has 0 radical (unpaired) electrons. The first-order valence-corrected chi connectivity index (χ1v) is 8.55. The second-order valence-electron chi connectivity index (χ2n) is 4.67. The van der Waals surface area contributed by atoms with Crippen molar-refractivity contribution in [2.24, 2.45) is 0 Å². The minimum atomic E-state index is -3.69. The summed E-state index contributed by atoms with van der Waals surface area (Å²) in [6.45, 7) is 1.52. The zero-order valence-electron chi connectivity index (χ0n) is 11.7. The van der Waals surface area contributed by atoms with Crippen LogP contribution in [0.3, 0.4) is 0 Å². The van der Waals surface area contributed by atoms with Crippen molar-refractivity contribution in [2.75, 3.05) is 11.4 Å². The molecule has 0 saturated carbocycles. The smallest absolute Gasteiger partial charge is 0.264 e. The molecule has 0 heterocycles. The van der Waals surface area contributed by atoms with Crippen molar-refractivity contribution in [3.05, 3.63) is 58.1 Å². The Morgan fingerprint density at radius 2 is 1.81 bits per heavy atom. The maximum Gasteiger partial charge on any atom is 0.264 e. The zero-order valence-corrected chi connectivity index (χ0v) is 14.1. The largest absolute Gasteiger partial charge is 0.392 e. The zero-order chi connectivity index (χ0) is 15.6. The Kier molecular flexibility index (Phi) is 4.70. The highest BCUT2D eigenvalue weighted by molar-refractivity contribution is 9.10. The van der Waals surface area contributed by atoms with Crippen LogP contribution in [0.25, 0.3) is 0 Å². The first kappa shape index (κ1) is 16.0. The van der Waals surface area contributed by atoms with Crippen LogP contribution < -0.4 is 4.31 Å². The number of aliphatic hydroxyl groups is 1. The summed E-state index contributed by atoms with van der Waals surface area (Å²) in [7, 11) is -2.17. The van der Waals surface area contributed by atoms with E-state index in [1.54, 1.807) is 37.3 Å². The van der Waals surface area contributed by atoms with Crippen LogP contribution in [-0.4, -0.2) is 20.6 Å². The van der Waals surface area contributed by atoms with Gasteiger partial charge in [-0.05, 0) is 42.3 Å². The molecule has 0 aromatic heterocycles. The molecule has 6 heteroatoms. The Bertz CT molecular complexity index is 745. The van der Waals surface area contributed by atoms with E-state index in [4.69, 9.17) is 0 Å². The Morgan fingerprint density at radius 1 is 1.19 bits per heavy atom. The van der Waals surface area contributed by atoms with Crippen LogP contribution in [0, 0.1) is 6.92 Å². The van der Waals surface area contributed by atoms with E-state index < -0.39 is 10.0 Å². The van der Waals surface area contributed by atoms with Gasteiger partial charge in [-0.3, -0.25) is 4.31 Å². The number of hydrogen-bond donors (Lipinski definition) is 1. The number of hydrogen-bond acceptors (Lipinski definition) is 3. The third-order valence-corrected chi connectivity index (χ3v) is 6.03. The van der Waals surface area contributed by atoms with Crippen molar-refractivity contribution >= 4 is 31.6 Å². The first-order valence-electron chi connectivity index (χ1n) is 6.31. The summed E-state index contributed by atoms with van der Waals surface area (Å²) in [5, 5.41) is 9.27. The van der Waals surface area contributed by atoms with Gasteiger partial charge >= 0.3 is 0 Å². The summed E-state index contributed by atoms with van der Waals surface area (Å²) in [5.74, 6) is 0. The van der Waals surface area contributed by atoms with Gasteiger partial charge in [0, 0.05) is 11.5 Å². The van der Waals surface area contributed by atoms with Gasteiger partial charge in [-0.2, -0.15) is 0 Å². The topological polar surface area (TPSA) is 57.6 Å². The van der Waals surface area contributed by atoms with E-state index in [0.29, 0.717) is 21.3 Å². The van der Waals surface area contributed by atoms with Gasteiger partial charge in [0.05, 0.1) is 17.2 Å². The standard InChI is InChI=1S/C15H16BrNO3S/c1-11-14(16)8-12(10-18)9-15(11)21(19,20)17(2)13-6-4-3-5-7-13/h3-9,18H,10H2,1-2H3. The highest BCUT2D eigenvalue weighted by atomic mass is 79.9. The van der Waals surface area contributed by atoms with Crippen LogP contribution in [0.15, 0.2) is 51.8 Å². The van der Waals surface area contributed by atoms with E-state index in [-0.39, 0.29) is 11.5 Å². The minimum Gasteiger partial charge on any atom is -0.392 e. The van der Waals surface area contributed by atoms with Gasteiger partial charge in [0.1, 0.15) is 0 Å². The van der Waals surface area contributed by atoms with Crippen LogP contribution in [0.5, 0.6) is 0 Å². The highest BCUT2D eigenvalue weighted by Gasteiger charge is 2.24. The second-order valence-corrected chi connectivity index (χ2v) is 7.46. The number of sulfonamides is 1. The predicted molar refractivity (Wildman–Crippen MR) is 86.8 cm³/mol.